The van der Waals surface area contributed by atoms with E-state index in [1.165, 1.54) is 5.57 Å². The van der Waals surface area contributed by atoms with Gasteiger partial charge in [-0.15, -0.1) is 0 Å². The molecule has 0 heterocycles. The molecule has 0 aliphatic heterocycles. The number of rotatable bonds is 7. The molecule has 0 saturated heterocycles. The number of methoxy groups -OCH3 is 1. The highest BCUT2D eigenvalue weighted by Crippen LogP contribution is 2.19. The minimum atomic E-state index is 0.288. The summed E-state index contributed by atoms with van der Waals surface area (Å²) in [5, 5.41) is 0. The van der Waals surface area contributed by atoms with Crippen LogP contribution in [-0.2, 0) is 14.3 Å². The van der Waals surface area contributed by atoms with Crippen molar-refractivity contribution in [2.75, 3.05) is 26.9 Å². The summed E-state index contributed by atoms with van der Waals surface area (Å²) < 4.78 is 10.2. The minimum Gasteiger partial charge on any atom is -0.382 e. The van der Waals surface area contributed by atoms with Crippen LogP contribution < -0.4 is 0 Å². The van der Waals surface area contributed by atoms with Gasteiger partial charge in [-0.2, -0.15) is 0 Å². The zero-order valence-corrected chi connectivity index (χ0v) is 9.46. The van der Waals surface area contributed by atoms with Crippen molar-refractivity contribution in [2.24, 2.45) is 0 Å². The molecule has 0 N–H and O–H groups in total. The quantitative estimate of drug-likeness (QED) is 0.606. The summed E-state index contributed by atoms with van der Waals surface area (Å²) in [5.41, 5.74) is 1.29. The zero-order chi connectivity index (χ0) is 10.9. The van der Waals surface area contributed by atoms with Crippen molar-refractivity contribution in [3.8, 4) is 0 Å². The van der Waals surface area contributed by atoms with Crippen LogP contribution in [0.2, 0.25) is 0 Å². The van der Waals surface area contributed by atoms with Crippen molar-refractivity contribution in [1.29, 1.82) is 0 Å². The van der Waals surface area contributed by atoms with E-state index in [4.69, 9.17) is 9.47 Å². The summed E-state index contributed by atoms with van der Waals surface area (Å²) in [5.74, 6) is 0.288. The van der Waals surface area contributed by atoms with Gasteiger partial charge in [-0.1, -0.05) is 5.57 Å². The Balaban J connectivity index is 2.02. The summed E-state index contributed by atoms with van der Waals surface area (Å²) in [6.45, 7) is 2.07. The third-order valence-electron chi connectivity index (χ3n) is 2.50. The van der Waals surface area contributed by atoms with E-state index in [0.717, 1.165) is 38.7 Å². The minimum absolute atomic E-state index is 0.288. The van der Waals surface area contributed by atoms with Gasteiger partial charge in [0.05, 0.1) is 13.2 Å². The highest BCUT2D eigenvalue weighted by molar-refractivity contribution is 5.91. The molecule has 86 valence electrons. The van der Waals surface area contributed by atoms with Crippen molar-refractivity contribution >= 4 is 5.78 Å². The van der Waals surface area contributed by atoms with Crippen LogP contribution >= 0.6 is 0 Å². The fourth-order valence-corrected chi connectivity index (χ4v) is 1.70. The first-order valence-corrected chi connectivity index (χ1v) is 5.62. The van der Waals surface area contributed by atoms with Gasteiger partial charge in [0.1, 0.15) is 0 Å². The summed E-state index contributed by atoms with van der Waals surface area (Å²) >= 11 is 0. The molecular formula is C12H20O3. The first-order valence-electron chi connectivity index (χ1n) is 5.62. The number of ketones is 1. The molecule has 1 aliphatic carbocycles. The van der Waals surface area contributed by atoms with Crippen LogP contribution in [0.25, 0.3) is 0 Å². The van der Waals surface area contributed by atoms with Crippen molar-refractivity contribution in [2.45, 2.75) is 32.1 Å². The van der Waals surface area contributed by atoms with E-state index in [9.17, 15) is 4.79 Å². The Bertz CT molecular complexity index is 221. The van der Waals surface area contributed by atoms with Crippen LogP contribution in [0.4, 0.5) is 0 Å². The molecular weight excluding hydrogens is 192 g/mol. The van der Waals surface area contributed by atoms with Gasteiger partial charge in [0, 0.05) is 20.1 Å². The van der Waals surface area contributed by atoms with Gasteiger partial charge in [0.2, 0.25) is 0 Å². The molecule has 3 heteroatoms. The molecule has 0 bridgehead atoms. The Hall–Kier alpha value is -0.670. The van der Waals surface area contributed by atoms with Gasteiger partial charge >= 0.3 is 0 Å². The fourth-order valence-electron chi connectivity index (χ4n) is 1.70. The van der Waals surface area contributed by atoms with Gasteiger partial charge in [-0.25, -0.2) is 0 Å². The van der Waals surface area contributed by atoms with Crippen LogP contribution in [0.3, 0.4) is 0 Å². The van der Waals surface area contributed by atoms with E-state index in [-0.39, 0.29) is 5.78 Å². The smallest absolute Gasteiger partial charge is 0.155 e. The van der Waals surface area contributed by atoms with E-state index < -0.39 is 0 Å². The molecule has 1 rings (SSSR count). The lowest BCUT2D eigenvalue weighted by Gasteiger charge is -2.11. The van der Waals surface area contributed by atoms with E-state index in [2.05, 4.69) is 0 Å². The molecule has 0 aromatic rings. The third-order valence-corrected chi connectivity index (χ3v) is 2.50. The number of allylic oxidation sites excluding steroid dienone is 2. The zero-order valence-electron chi connectivity index (χ0n) is 9.46. The largest absolute Gasteiger partial charge is 0.382 e. The standard InChI is InChI=1S/C12H20O3/c1-14-8-9-15-7-3-5-11-4-2-6-12(13)10-11/h10H,2-9H2,1H3. The number of carbonyl (C=O) groups excluding carboxylic acids is 1. The van der Waals surface area contributed by atoms with Gasteiger partial charge in [-0.3, -0.25) is 4.79 Å². The molecule has 0 amide bonds. The molecule has 0 atom stereocenters. The maximum absolute atomic E-state index is 11.1. The maximum Gasteiger partial charge on any atom is 0.155 e. The predicted octanol–water partition coefficient (Wildman–Crippen LogP) is 2.11. The lowest BCUT2D eigenvalue weighted by molar-refractivity contribution is -0.115. The van der Waals surface area contributed by atoms with Crippen molar-refractivity contribution in [1.82, 2.24) is 0 Å². The van der Waals surface area contributed by atoms with Crippen LogP contribution in [0.1, 0.15) is 32.1 Å². The van der Waals surface area contributed by atoms with Crippen LogP contribution in [-0.4, -0.2) is 32.7 Å². The number of hydrogen-bond donors (Lipinski definition) is 0. The Labute approximate surface area is 91.4 Å². The highest BCUT2D eigenvalue weighted by atomic mass is 16.5. The Morgan fingerprint density at radius 1 is 1.27 bits per heavy atom. The Kier molecular flexibility index (Phi) is 6.28. The van der Waals surface area contributed by atoms with Crippen LogP contribution in [0.15, 0.2) is 11.6 Å². The summed E-state index contributed by atoms with van der Waals surface area (Å²) in [4.78, 5) is 11.1. The van der Waals surface area contributed by atoms with Crippen LogP contribution in [0, 0.1) is 0 Å². The second-order valence-corrected chi connectivity index (χ2v) is 3.83. The first kappa shape index (κ1) is 12.4. The molecule has 3 nitrogen and oxygen atoms in total. The van der Waals surface area contributed by atoms with Gasteiger partial charge in [-0.05, 0) is 31.8 Å². The SMILES string of the molecule is COCCOCCCC1=CC(=O)CCC1. The maximum atomic E-state index is 11.1. The van der Waals surface area contributed by atoms with Gasteiger partial charge in [0.15, 0.2) is 5.78 Å². The highest BCUT2D eigenvalue weighted by Gasteiger charge is 2.08. The summed E-state index contributed by atoms with van der Waals surface area (Å²) in [6, 6.07) is 0. The molecule has 0 aromatic heterocycles. The fraction of sp³-hybridized carbons (Fsp3) is 0.750. The van der Waals surface area contributed by atoms with E-state index in [1.54, 1.807) is 7.11 Å². The number of carbonyl (C=O) groups is 1. The summed E-state index contributed by atoms with van der Waals surface area (Å²) in [7, 11) is 1.67. The van der Waals surface area contributed by atoms with Crippen molar-refractivity contribution in [3.05, 3.63) is 11.6 Å². The molecule has 0 radical (unpaired) electrons. The van der Waals surface area contributed by atoms with Gasteiger partial charge < -0.3 is 9.47 Å². The monoisotopic (exact) mass is 212 g/mol. The second-order valence-electron chi connectivity index (χ2n) is 3.83. The van der Waals surface area contributed by atoms with Crippen LogP contribution in [0.5, 0.6) is 0 Å². The average Bonchev–Trinajstić information content (AvgIpc) is 2.23. The molecule has 0 fully saturated rings. The van der Waals surface area contributed by atoms with E-state index in [1.807, 2.05) is 6.08 Å². The van der Waals surface area contributed by atoms with E-state index >= 15 is 0 Å². The lowest BCUT2D eigenvalue weighted by atomic mass is 9.95. The summed E-state index contributed by atoms with van der Waals surface area (Å²) in [6.07, 6.45) is 6.66. The Morgan fingerprint density at radius 2 is 2.13 bits per heavy atom. The van der Waals surface area contributed by atoms with E-state index in [0.29, 0.717) is 13.2 Å². The topological polar surface area (TPSA) is 35.5 Å². The lowest BCUT2D eigenvalue weighted by Crippen LogP contribution is -2.05. The number of hydrogen-bond acceptors (Lipinski definition) is 3. The molecule has 0 saturated carbocycles. The number of ether oxygens (including phenoxy) is 2. The molecule has 0 spiro atoms. The van der Waals surface area contributed by atoms with Crippen molar-refractivity contribution in [3.63, 3.8) is 0 Å². The molecule has 1 aliphatic rings. The molecule has 0 unspecified atom stereocenters. The molecule has 15 heavy (non-hydrogen) atoms. The normalized spacial score (nSPS) is 16.6. The first-order chi connectivity index (χ1) is 7.33. The average molecular weight is 212 g/mol. The third kappa shape index (κ3) is 5.70. The Morgan fingerprint density at radius 3 is 2.87 bits per heavy atom. The van der Waals surface area contributed by atoms with Gasteiger partial charge in [0.25, 0.3) is 0 Å². The van der Waals surface area contributed by atoms with Crippen molar-refractivity contribution < 1.29 is 14.3 Å². The predicted molar refractivity (Wildman–Crippen MR) is 58.9 cm³/mol. The second kappa shape index (κ2) is 7.60. The molecule has 0 aromatic carbocycles.